The first kappa shape index (κ1) is 18.2. The molecule has 2 unspecified atom stereocenters. The Kier molecular flexibility index (Phi) is 5.18. The minimum atomic E-state index is -0.00214. The number of ether oxygens (including phenoxy) is 1. The van der Waals surface area contributed by atoms with Crippen LogP contribution < -0.4 is 9.64 Å². The summed E-state index contributed by atoms with van der Waals surface area (Å²) in [5.74, 6) is 1.82. The standard InChI is InChI=1S/C25H27N3O/c1-3-10-20(11-4-1)22(18-27-16-7-8-17-27)28-19-24(21-12-5-2-6-13-21)29-23-14-9-15-26-25(23)28/h1-6,9-15,22,24H,7-8,16-19H2. The van der Waals surface area contributed by atoms with Gasteiger partial charge in [0, 0.05) is 12.7 Å². The molecule has 4 heteroatoms. The summed E-state index contributed by atoms with van der Waals surface area (Å²) in [4.78, 5) is 9.79. The van der Waals surface area contributed by atoms with E-state index in [0.717, 1.165) is 24.7 Å². The maximum atomic E-state index is 6.39. The fourth-order valence-corrected chi connectivity index (χ4v) is 4.53. The van der Waals surface area contributed by atoms with Gasteiger partial charge in [0.15, 0.2) is 11.6 Å². The van der Waals surface area contributed by atoms with E-state index in [1.165, 1.54) is 37.1 Å². The Morgan fingerprint density at radius 1 is 0.897 bits per heavy atom. The van der Waals surface area contributed by atoms with Crippen LogP contribution in [-0.4, -0.2) is 36.1 Å². The Balaban J connectivity index is 1.54. The SMILES string of the molecule is c1ccc(C2CN(C(CN3CCCC3)c3ccccc3)c3ncccc3O2)cc1. The van der Waals surface area contributed by atoms with Crippen molar-refractivity contribution in [2.75, 3.05) is 31.1 Å². The van der Waals surface area contributed by atoms with Gasteiger partial charge in [0.2, 0.25) is 0 Å². The molecule has 0 spiro atoms. The Morgan fingerprint density at radius 3 is 2.38 bits per heavy atom. The summed E-state index contributed by atoms with van der Waals surface area (Å²) in [5, 5.41) is 0. The van der Waals surface area contributed by atoms with Gasteiger partial charge in [0.25, 0.3) is 0 Å². The zero-order valence-corrected chi connectivity index (χ0v) is 16.7. The summed E-state index contributed by atoms with van der Waals surface area (Å²) in [5.41, 5.74) is 2.55. The van der Waals surface area contributed by atoms with E-state index in [2.05, 4.69) is 70.5 Å². The molecule has 2 aliphatic rings. The number of benzene rings is 2. The normalized spacial score (nSPS) is 20.1. The molecule has 4 nitrogen and oxygen atoms in total. The van der Waals surface area contributed by atoms with Crippen LogP contribution in [0.5, 0.6) is 5.75 Å². The van der Waals surface area contributed by atoms with Crippen molar-refractivity contribution in [3.05, 3.63) is 90.1 Å². The molecule has 0 saturated carbocycles. The summed E-state index contributed by atoms with van der Waals surface area (Å²) in [7, 11) is 0. The predicted octanol–water partition coefficient (Wildman–Crippen LogP) is 4.86. The van der Waals surface area contributed by atoms with Gasteiger partial charge in [-0.3, -0.25) is 0 Å². The predicted molar refractivity (Wildman–Crippen MR) is 116 cm³/mol. The molecule has 0 aliphatic carbocycles. The first-order valence-corrected chi connectivity index (χ1v) is 10.6. The van der Waals surface area contributed by atoms with Crippen molar-refractivity contribution in [3.8, 4) is 5.75 Å². The van der Waals surface area contributed by atoms with Gasteiger partial charge in [-0.2, -0.15) is 0 Å². The average Bonchev–Trinajstić information content (AvgIpc) is 3.31. The van der Waals surface area contributed by atoms with Gasteiger partial charge in [0.1, 0.15) is 6.10 Å². The second-order valence-electron chi connectivity index (χ2n) is 7.93. The molecule has 29 heavy (non-hydrogen) atoms. The van der Waals surface area contributed by atoms with Gasteiger partial charge in [-0.1, -0.05) is 60.7 Å². The van der Waals surface area contributed by atoms with E-state index in [-0.39, 0.29) is 12.1 Å². The zero-order chi connectivity index (χ0) is 19.5. The molecular formula is C25H27N3O. The highest BCUT2D eigenvalue weighted by molar-refractivity contribution is 5.56. The Hall–Kier alpha value is -2.85. The molecule has 2 atom stereocenters. The summed E-state index contributed by atoms with van der Waals surface area (Å²) in [6.07, 6.45) is 4.46. The Bertz CT molecular complexity index is 925. The fraction of sp³-hybridized carbons (Fsp3) is 0.320. The van der Waals surface area contributed by atoms with Crippen LogP contribution in [0.4, 0.5) is 5.82 Å². The van der Waals surface area contributed by atoms with Crippen LogP contribution in [0.25, 0.3) is 0 Å². The van der Waals surface area contributed by atoms with Crippen molar-refractivity contribution in [1.82, 2.24) is 9.88 Å². The summed E-state index contributed by atoms with van der Waals surface area (Å²) in [6, 6.07) is 25.7. The van der Waals surface area contributed by atoms with Crippen LogP contribution in [0, 0.1) is 0 Å². The highest BCUT2D eigenvalue weighted by Gasteiger charge is 2.34. The third kappa shape index (κ3) is 3.85. The van der Waals surface area contributed by atoms with Crippen LogP contribution in [-0.2, 0) is 0 Å². The summed E-state index contributed by atoms with van der Waals surface area (Å²) in [6.45, 7) is 4.18. The minimum absolute atomic E-state index is 0.00214. The third-order valence-corrected chi connectivity index (χ3v) is 6.02. The van der Waals surface area contributed by atoms with E-state index in [0.29, 0.717) is 0 Å². The molecule has 3 aromatic rings. The molecular weight excluding hydrogens is 358 g/mol. The molecule has 0 radical (unpaired) electrons. The number of anilines is 1. The van der Waals surface area contributed by atoms with Crippen molar-refractivity contribution in [2.24, 2.45) is 0 Å². The largest absolute Gasteiger partial charge is 0.480 e. The quantitative estimate of drug-likeness (QED) is 0.627. The van der Waals surface area contributed by atoms with Crippen molar-refractivity contribution in [2.45, 2.75) is 25.0 Å². The smallest absolute Gasteiger partial charge is 0.172 e. The number of fused-ring (bicyclic) bond motifs is 1. The van der Waals surface area contributed by atoms with Crippen molar-refractivity contribution in [3.63, 3.8) is 0 Å². The van der Waals surface area contributed by atoms with Crippen molar-refractivity contribution in [1.29, 1.82) is 0 Å². The molecule has 3 heterocycles. The summed E-state index contributed by atoms with van der Waals surface area (Å²) < 4.78 is 6.39. The number of hydrogen-bond acceptors (Lipinski definition) is 4. The van der Waals surface area contributed by atoms with E-state index in [1.807, 2.05) is 18.3 Å². The first-order chi connectivity index (χ1) is 14.4. The first-order valence-electron chi connectivity index (χ1n) is 10.6. The molecule has 0 N–H and O–H groups in total. The van der Waals surface area contributed by atoms with Gasteiger partial charge in [-0.05, 0) is 49.2 Å². The lowest BCUT2D eigenvalue weighted by molar-refractivity contribution is 0.185. The number of nitrogens with zero attached hydrogens (tertiary/aromatic N) is 3. The van der Waals surface area contributed by atoms with Crippen LogP contribution in [0.3, 0.4) is 0 Å². The maximum Gasteiger partial charge on any atom is 0.172 e. The molecule has 1 aromatic heterocycles. The molecule has 1 saturated heterocycles. The monoisotopic (exact) mass is 385 g/mol. The molecule has 2 aromatic carbocycles. The van der Waals surface area contributed by atoms with Crippen LogP contribution in [0.15, 0.2) is 79.0 Å². The van der Waals surface area contributed by atoms with E-state index in [1.54, 1.807) is 0 Å². The number of hydrogen-bond donors (Lipinski definition) is 0. The molecule has 148 valence electrons. The Morgan fingerprint density at radius 2 is 1.62 bits per heavy atom. The lowest BCUT2D eigenvalue weighted by atomic mass is 10.0. The lowest BCUT2D eigenvalue weighted by Crippen LogP contribution is -2.43. The molecule has 1 fully saturated rings. The highest BCUT2D eigenvalue weighted by Crippen LogP contribution is 2.41. The third-order valence-electron chi connectivity index (χ3n) is 6.02. The van der Waals surface area contributed by atoms with Crippen LogP contribution in [0.2, 0.25) is 0 Å². The van der Waals surface area contributed by atoms with Crippen LogP contribution >= 0.6 is 0 Å². The van der Waals surface area contributed by atoms with Gasteiger partial charge in [-0.25, -0.2) is 4.98 Å². The van der Waals surface area contributed by atoms with Crippen molar-refractivity contribution >= 4 is 5.82 Å². The molecule has 0 amide bonds. The number of rotatable bonds is 5. The Labute approximate surface area is 172 Å². The maximum absolute atomic E-state index is 6.39. The van der Waals surface area contributed by atoms with E-state index in [4.69, 9.17) is 9.72 Å². The van der Waals surface area contributed by atoms with Gasteiger partial charge >= 0.3 is 0 Å². The second kappa shape index (κ2) is 8.26. The second-order valence-corrected chi connectivity index (χ2v) is 7.93. The van der Waals surface area contributed by atoms with E-state index >= 15 is 0 Å². The van der Waals surface area contributed by atoms with Gasteiger partial charge in [0.05, 0.1) is 12.6 Å². The highest BCUT2D eigenvalue weighted by atomic mass is 16.5. The minimum Gasteiger partial charge on any atom is -0.480 e. The fourth-order valence-electron chi connectivity index (χ4n) is 4.53. The number of likely N-dealkylation sites (tertiary alicyclic amines) is 1. The molecule has 2 aliphatic heterocycles. The van der Waals surface area contributed by atoms with E-state index in [9.17, 15) is 0 Å². The number of pyridine rings is 1. The van der Waals surface area contributed by atoms with Crippen LogP contribution in [0.1, 0.15) is 36.1 Å². The molecule has 0 bridgehead atoms. The average molecular weight is 386 g/mol. The molecule has 5 rings (SSSR count). The van der Waals surface area contributed by atoms with E-state index < -0.39 is 0 Å². The summed E-state index contributed by atoms with van der Waals surface area (Å²) >= 11 is 0. The number of aromatic nitrogens is 1. The van der Waals surface area contributed by atoms with Crippen molar-refractivity contribution < 1.29 is 4.74 Å². The lowest BCUT2D eigenvalue weighted by Gasteiger charge is -2.41. The van der Waals surface area contributed by atoms with Gasteiger partial charge in [-0.15, -0.1) is 0 Å². The topological polar surface area (TPSA) is 28.6 Å². The zero-order valence-electron chi connectivity index (χ0n) is 16.7. The van der Waals surface area contributed by atoms with Gasteiger partial charge < -0.3 is 14.5 Å².